The predicted molar refractivity (Wildman–Crippen MR) is 125 cm³/mol. The van der Waals surface area contributed by atoms with Gasteiger partial charge in [0.05, 0.1) is 31.4 Å². The molecule has 2 aliphatic rings. The van der Waals surface area contributed by atoms with Gasteiger partial charge in [0.1, 0.15) is 6.04 Å². The maximum absolute atomic E-state index is 13.4. The minimum atomic E-state index is -0.317. The predicted octanol–water partition coefficient (Wildman–Crippen LogP) is 3.05. The Hall–Kier alpha value is -2.80. The van der Waals surface area contributed by atoms with Crippen molar-refractivity contribution in [3.8, 4) is 0 Å². The molecule has 0 radical (unpaired) electrons. The van der Waals surface area contributed by atoms with E-state index in [0.29, 0.717) is 13.2 Å². The highest BCUT2D eigenvalue weighted by molar-refractivity contribution is 5.83. The summed E-state index contributed by atoms with van der Waals surface area (Å²) in [6.45, 7) is 6.80. The molecular formula is C25H35N5O2. The minimum absolute atomic E-state index is 0.0824. The zero-order valence-electron chi connectivity index (χ0n) is 18.8. The number of hydrogen-bond donors (Lipinski definition) is 2. The first kappa shape index (κ1) is 22.4. The van der Waals surface area contributed by atoms with Crippen LogP contribution in [0.1, 0.15) is 44.1 Å². The second-order valence-corrected chi connectivity index (χ2v) is 8.83. The summed E-state index contributed by atoms with van der Waals surface area (Å²) in [4.78, 5) is 19.6. The van der Waals surface area contributed by atoms with Crippen LogP contribution >= 0.6 is 0 Å². The summed E-state index contributed by atoms with van der Waals surface area (Å²) in [5.41, 5.74) is 1.13. The summed E-state index contributed by atoms with van der Waals surface area (Å²) in [5.74, 6) is 0.881. The topological polar surface area (TPSA) is 71.4 Å². The molecule has 2 atom stereocenters. The van der Waals surface area contributed by atoms with Crippen LogP contribution in [0.4, 0.5) is 0 Å². The molecule has 1 aliphatic carbocycles. The molecule has 172 valence electrons. The zero-order chi connectivity index (χ0) is 22.2. The van der Waals surface area contributed by atoms with Gasteiger partial charge in [-0.1, -0.05) is 56.2 Å². The summed E-state index contributed by atoms with van der Waals surface area (Å²) < 4.78 is 8.07. The number of hydrogen-bond acceptors (Lipinski definition) is 5. The number of amides is 1. The fourth-order valence-corrected chi connectivity index (χ4v) is 4.75. The van der Waals surface area contributed by atoms with Crippen LogP contribution in [0.25, 0.3) is 0 Å². The number of nitrogens with zero attached hydrogens (tertiary/aromatic N) is 3. The number of benzene rings is 1. The van der Waals surface area contributed by atoms with Gasteiger partial charge in [-0.15, -0.1) is 0 Å². The number of carbonyl (C=O) groups excluding carboxylic acids is 1. The third-order valence-corrected chi connectivity index (χ3v) is 6.42. The van der Waals surface area contributed by atoms with Crippen LogP contribution in [0.15, 0.2) is 61.5 Å². The van der Waals surface area contributed by atoms with Gasteiger partial charge in [-0.3, -0.25) is 4.79 Å². The highest BCUT2D eigenvalue weighted by Crippen LogP contribution is 2.23. The Morgan fingerprint density at radius 3 is 2.75 bits per heavy atom. The van der Waals surface area contributed by atoms with Crippen LogP contribution < -0.4 is 10.6 Å². The van der Waals surface area contributed by atoms with Crippen molar-refractivity contribution in [3.63, 3.8) is 0 Å². The molecule has 7 nitrogen and oxygen atoms in total. The van der Waals surface area contributed by atoms with Crippen molar-refractivity contribution in [2.24, 2.45) is 0 Å². The monoisotopic (exact) mass is 437 g/mol. The van der Waals surface area contributed by atoms with Crippen molar-refractivity contribution in [2.45, 2.75) is 69.8 Å². The highest BCUT2D eigenvalue weighted by Gasteiger charge is 2.41. The van der Waals surface area contributed by atoms with E-state index >= 15 is 0 Å². The molecule has 32 heavy (non-hydrogen) atoms. The van der Waals surface area contributed by atoms with Gasteiger partial charge >= 0.3 is 0 Å². The Morgan fingerprint density at radius 2 is 2.00 bits per heavy atom. The lowest BCUT2D eigenvalue weighted by Crippen LogP contribution is -2.53. The molecule has 1 saturated carbocycles. The molecule has 2 fully saturated rings. The van der Waals surface area contributed by atoms with E-state index in [9.17, 15) is 4.79 Å². The van der Waals surface area contributed by atoms with Crippen LogP contribution in [-0.2, 0) is 22.7 Å². The standard InChI is InChI=1S/C25H35N5O2/c1-20-27-23(18-32-17-21-9-4-2-5-10-21)24(25(31)28-22-11-6-3-7-12-22)30(20)15-8-14-29-16-13-26-19-29/h2,4-5,9-10,13,16,19,22-24,27H,1,3,6-8,11-12,14-15,17-18H2,(H,28,31). The molecule has 0 spiro atoms. The molecule has 2 N–H and O–H groups in total. The molecule has 7 heteroatoms. The molecule has 1 amide bonds. The molecule has 4 rings (SSSR count). The lowest BCUT2D eigenvalue weighted by molar-refractivity contribution is -0.127. The number of ether oxygens (including phenoxy) is 1. The second-order valence-electron chi connectivity index (χ2n) is 8.83. The number of nitrogens with one attached hydrogen (secondary N) is 2. The average molecular weight is 438 g/mol. The summed E-state index contributed by atoms with van der Waals surface area (Å²) in [5, 5.41) is 6.75. The van der Waals surface area contributed by atoms with Crippen molar-refractivity contribution in [2.75, 3.05) is 13.2 Å². The number of imidazole rings is 1. The van der Waals surface area contributed by atoms with Crippen LogP contribution in [0.5, 0.6) is 0 Å². The SMILES string of the molecule is C=C1NC(COCc2ccccc2)C(C(=O)NC2CCCCC2)N1CCCn1ccnc1. The van der Waals surface area contributed by atoms with Gasteiger partial charge in [-0.05, 0) is 24.8 Å². The maximum atomic E-state index is 13.4. The van der Waals surface area contributed by atoms with E-state index < -0.39 is 0 Å². The first-order valence-electron chi connectivity index (χ1n) is 11.8. The van der Waals surface area contributed by atoms with Crippen LogP contribution in [-0.4, -0.2) is 51.6 Å². The van der Waals surface area contributed by atoms with Crippen molar-refractivity contribution < 1.29 is 9.53 Å². The molecule has 1 aromatic heterocycles. The fourth-order valence-electron chi connectivity index (χ4n) is 4.75. The van der Waals surface area contributed by atoms with Gasteiger partial charge in [0, 0.05) is 31.5 Å². The molecule has 0 bridgehead atoms. The van der Waals surface area contributed by atoms with Crippen LogP contribution in [0.2, 0.25) is 0 Å². The smallest absolute Gasteiger partial charge is 0.245 e. The largest absolute Gasteiger partial charge is 0.375 e. The Kier molecular flexibility index (Phi) is 7.82. The molecule has 1 aromatic carbocycles. The van der Waals surface area contributed by atoms with Crippen molar-refractivity contribution in [3.05, 3.63) is 67.0 Å². The Labute approximate surface area is 190 Å². The van der Waals surface area contributed by atoms with E-state index in [1.165, 1.54) is 19.3 Å². The zero-order valence-corrected chi connectivity index (χ0v) is 18.8. The van der Waals surface area contributed by atoms with Crippen molar-refractivity contribution >= 4 is 5.91 Å². The van der Waals surface area contributed by atoms with Gasteiger partial charge in [0.2, 0.25) is 5.91 Å². The average Bonchev–Trinajstić information content (AvgIpc) is 3.43. The third kappa shape index (κ3) is 5.91. The van der Waals surface area contributed by atoms with E-state index in [-0.39, 0.29) is 24.0 Å². The number of aryl methyl sites for hydroxylation is 1. The summed E-state index contributed by atoms with van der Waals surface area (Å²) in [7, 11) is 0. The summed E-state index contributed by atoms with van der Waals surface area (Å²) in [6.07, 6.45) is 12.3. The first-order chi connectivity index (χ1) is 15.7. The summed E-state index contributed by atoms with van der Waals surface area (Å²) >= 11 is 0. The Bertz CT molecular complexity index is 848. The molecule has 2 aromatic rings. The molecule has 1 saturated heterocycles. The fraction of sp³-hybridized carbons (Fsp3) is 0.520. The molecular weight excluding hydrogens is 402 g/mol. The Balaban J connectivity index is 1.38. The minimum Gasteiger partial charge on any atom is -0.375 e. The summed E-state index contributed by atoms with van der Waals surface area (Å²) in [6, 6.07) is 9.97. The van der Waals surface area contributed by atoms with E-state index in [1.54, 1.807) is 6.20 Å². The maximum Gasteiger partial charge on any atom is 0.245 e. The normalized spacial score (nSPS) is 21.5. The van der Waals surface area contributed by atoms with Crippen LogP contribution in [0, 0.1) is 0 Å². The lowest BCUT2D eigenvalue weighted by Gasteiger charge is -2.30. The highest BCUT2D eigenvalue weighted by atomic mass is 16.5. The van der Waals surface area contributed by atoms with Gasteiger partial charge in [0.25, 0.3) is 0 Å². The van der Waals surface area contributed by atoms with Crippen molar-refractivity contribution in [1.29, 1.82) is 0 Å². The quantitative estimate of drug-likeness (QED) is 0.598. The second kappa shape index (κ2) is 11.2. The van der Waals surface area contributed by atoms with E-state index in [0.717, 1.165) is 43.7 Å². The first-order valence-corrected chi connectivity index (χ1v) is 11.8. The van der Waals surface area contributed by atoms with Gasteiger partial charge < -0.3 is 24.8 Å². The van der Waals surface area contributed by atoms with Gasteiger partial charge in [0.15, 0.2) is 0 Å². The van der Waals surface area contributed by atoms with Crippen LogP contribution in [0.3, 0.4) is 0 Å². The van der Waals surface area contributed by atoms with E-state index in [4.69, 9.17) is 4.74 Å². The Morgan fingerprint density at radius 1 is 1.19 bits per heavy atom. The lowest BCUT2D eigenvalue weighted by atomic mass is 9.95. The molecule has 2 heterocycles. The van der Waals surface area contributed by atoms with Gasteiger partial charge in [-0.2, -0.15) is 0 Å². The van der Waals surface area contributed by atoms with E-state index in [1.807, 2.05) is 30.7 Å². The number of aromatic nitrogens is 2. The number of rotatable bonds is 10. The van der Waals surface area contributed by atoms with Crippen molar-refractivity contribution in [1.82, 2.24) is 25.1 Å². The number of carbonyl (C=O) groups is 1. The van der Waals surface area contributed by atoms with Gasteiger partial charge in [-0.25, -0.2) is 4.98 Å². The molecule has 1 aliphatic heterocycles. The third-order valence-electron chi connectivity index (χ3n) is 6.42. The molecule has 2 unspecified atom stereocenters. The van der Waals surface area contributed by atoms with E-state index in [2.05, 4.69) is 43.8 Å².